The molecule has 1 N–H and O–H groups in total. The van der Waals surface area contributed by atoms with Crippen LogP contribution in [0.15, 0.2) is 40.4 Å². The predicted molar refractivity (Wildman–Crippen MR) is 83.1 cm³/mol. The van der Waals surface area contributed by atoms with Crippen molar-refractivity contribution in [2.75, 3.05) is 5.32 Å². The lowest BCUT2D eigenvalue weighted by atomic mass is 10.4. The Kier molecular flexibility index (Phi) is 3.53. The molecule has 9 heteroatoms. The fraction of sp³-hybridized carbons (Fsp3) is 0.214. The average Bonchev–Trinajstić information content (AvgIpc) is 2.95. The van der Waals surface area contributed by atoms with Crippen LogP contribution in [0.5, 0.6) is 0 Å². The second kappa shape index (κ2) is 5.52. The number of amides is 1. The number of anilines is 1. The molecule has 0 spiro atoms. The highest BCUT2D eigenvalue weighted by atomic mass is 16.2. The maximum atomic E-state index is 12.3. The first-order chi connectivity index (χ1) is 11.0. The third-order valence-corrected chi connectivity index (χ3v) is 3.48. The third kappa shape index (κ3) is 2.52. The van der Waals surface area contributed by atoms with Crippen LogP contribution in [0, 0.1) is 0 Å². The molecule has 118 valence electrons. The first-order valence-corrected chi connectivity index (χ1v) is 6.80. The molecule has 3 heterocycles. The minimum Gasteiger partial charge on any atom is -0.323 e. The van der Waals surface area contributed by atoms with Gasteiger partial charge in [0.2, 0.25) is 5.91 Å². The zero-order valence-corrected chi connectivity index (χ0v) is 12.6. The van der Waals surface area contributed by atoms with E-state index < -0.39 is 11.2 Å². The van der Waals surface area contributed by atoms with Gasteiger partial charge in [-0.05, 0) is 12.1 Å². The quantitative estimate of drug-likeness (QED) is 0.700. The van der Waals surface area contributed by atoms with Gasteiger partial charge >= 0.3 is 5.69 Å². The summed E-state index contributed by atoms with van der Waals surface area (Å²) in [6, 6.07) is 3.41. The van der Waals surface area contributed by atoms with Gasteiger partial charge in [0, 0.05) is 20.3 Å². The molecule has 0 bridgehead atoms. The number of pyridine rings is 1. The van der Waals surface area contributed by atoms with E-state index in [9.17, 15) is 14.4 Å². The van der Waals surface area contributed by atoms with Crippen molar-refractivity contribution >= 4 is 22.8 Å². The summed E-state index contributed by atoms with van der Waals surface area (Å²) in [5.41, 5.74) is 0.0489. The molecule has 0 atom stereocenters. The molecule has 1 amide bonds. The molecule has 0 aromatic carbocycles. The number of imidazole rings is 1. The Labute approximate surface area is 129 Å². The van der Waals surface area contributed by atoms with Gasteiger partial charge in [0.05, 0.1) is 18.2 Å². The molecule has 0 fully saturated rings. The minimum atomic E-state index is -0.491. The van der Waals surface area contributed by atoms with Gasteiger partial charge in [-0.2, -0.15) is 0 Å². The highest BCUT2D eigenvalue weighted by molar-refractivity contribution is 5.91. The van der Waals surface area contributed by atoms with Crippen LogP contribution in [0.4, 0.5) is 5.69 Å². The summed E-state index contributed by atoms with van der Waals surface area (Å²) >= 11 is 0. The first kappa shape index (κ1) is 14.7. The number of nitrogens with zero attached hydrogens (tertiary/aromatic N) is 5. The number of hydrogen-bond donors (Lipinski definition) is 1. The van der Waals surface area contributed by atoms with Crippen LogP contribution in [0.25, 0.3) is 11.2 Å². The van der Waals surface area contributed by atoms with Gasteiger partial charge in [0.25, 0.3) is 5.56 Å². The number of aryl methyl sites for hydroxylation is 1. The lowest BCUT2D eigenvalue weighted by molar-refractivity contribution is -0.116. The van der Waals surface area contributed by atoms with E-state index in [2.05, 4.69) is 15.3 Å². The molecule has 0 aliphatic heterocycles. The van der Waals surface area contributed by atoms with Gasteiger partial charge in [-0.1, -0.05) is 0 Å². The topological polar surface area (TPSA) is 104 Å². The SMILES string of the molecule is Cn1c(=O)c2c(ncn2CC(=O)Nc2cccnc2)n(C)c1=O. The highest BCUT2D eigenvalue weighted by Gasteiger charge is 2.15. The van der Waals surface area contributed by atoms with Crippen molar-refractivity contribution in [3.05, 3.63) is 51.7 Å². The van der Waals surface area contributed by atoms with Crippen LogP contribution in [0.1, 0.15) is 0 Å². The van der Waals surface area contributed by atoms with Gasteiger partial charge in [-0.3, -0.25) is 23.7 Å². The minimum absolute atomic E-state index is 0.0984. The lowest BCUT2D eigenvalue weighted by Crippen LogP contribution is -2.37. The Hall–Kier alpha value is -3.23. The summed E-state index contributed by atoms with van der Waals surface area (Å²) in [4.78, 5) is 44.2. The van der Waals surface area contributed by atoms with E-state index >= 15 is 0 Å². The van der Waals surface area contributed by atoms with Crippen molar-refractivity contribution in [2.45, 2.75) is 6.54 Å². The number of hydrogen-bond acceptors (Lipinski definition) is 5. The number of aromatic nitrogens is 5. The third-order valence-electron chi connectivity index (χ3n) is 3.48. The predicted octanol–water partition coefficient (Wildman–Crippen LogP) is -0.533. The van der Waals surface area contributed by atoms with Gasteiger partial charge in [0.1, 0.15) is 6.54 Å². The molecule has 3 rings (SSSR count). The highest BCUT2D eigenvalue weighted by Crippen LogP contribution is 2.07. The van der Waals surface area contributed by atoms with Crippen molar-refractivity contribution in [2.24, 2.45) is 14.1 Å². The fourth-order valence-electron chi connectivity index (χ4n) is 2.31. The maximum absolute atomic E-state index is 12.3. The summed E-state index contributed by atoms with van der Waals surface area (Å²) in [7, 11) is 2.91. The molecule has 0 aliphatic rings. The van der Waals surface area contributed by atoms with Crippen molar-refractivity contribution in [3.8, 4) is 0 Å². The number of rotatable bonds is 3. The van der Waals surface area contributed by atoms with Gasteiger partial charge < -0.3 is 9.88 Å². The van der Waals surface area contributed by atoms with Crippen LogP contribution in [0.2, 0.25) is 0 Å². The Morgan fingerprint density at radius 1 is 1.26 bits per heavy atom. The fourth-order valence-corrected chi connectivity index (χ4v) is 2.31. The molecule has 23 heavy (non-hydrogen) atoms. The van der Waals surface area contributed by atoms with Crippen LogP contribution < -0.4 is 16.6 Å². The van der Waals surface area contributed by atoms with Gasteiger partial charge in [0.15, 0.2) is 11.2 Å². The summed E-state index contributed by atoms with van der Waals surface area (Å²) < 4.78 is 3.68. The van der Waals surface area contributed by atoms with E-state index in [1.165, 1.54) is 35.8 Å². The summed E-state index contributed by atoms with van der Waals surface area (Å²) in [5.74, 6) is -0.326. The zero-order valence-electron chi connectivity index (χ0n) is 12.6. The molecule has 0 saturated heterocycles. The molecule has 3 aromatic heterocycles. The summed E-state index contributed by atoms with van der Waals surface area (Å²) in [5, 5.41) is 2.68. The maximum Gasteiger partial charge on any atom is 0.332 e. The van der Waals surface area contributed by atoms with Crippen molar-refractivity contribution in [1.82, 2.24) is 23.7 Å². The smallest absolute Gasteiger partial charge is 0.323 e. The van der Waals surface area contributed by atoms with E-state index in [1.54, 1.807) is 18.3 Å². The van der Waals surface area contributed by atoms with E-state index in [-0.39, 0.29) is 23.6 Å². The Morgan fingerprint density at radius 3 is 2.74 bits per heavy atom. The van der Waals surface area contributed by atoms with Crippen LogP contribution >= 0.6 is 0 Å². The molecule has 9 nitrogen and oxygen atoms in total. The van der Waals surface area contributed by atoms with Gasteiger partial charge in [-0.25, -0.2) is 9.78 Å². The van der Waals surface area contributed by atoms with Crippen molar-refractivity contribution in [1.29, 1.82) is 0 Å². The number of nitrogens with one attached hydrogen (secondary N) is 1. The van der Waals surface area contributed by atoms with E-state index in [0.29, 0.717) is 5.69 Å². The van der Waals surface area contributed by atoms with Gasteiger partial charge in [-0.15, -0.1) is 0 Å². The molecule has 3 aromatic rings. The zero-order chi connectivity index (χ0) is 16.6. The molecular formula is C14H14N6O3. The summed E-state index contributed by atoms with van der Waals surface area (Å²) in [6.45, 7) is -0.0984. The molecule has 0 aliphatic carbocycles. The molecule has 0 unspecified atom stereocenters. The number of carbonyl (C=O) groups excluding carboxylic acids is 1. The normalized spacial score (nSPS) is 10.9. The van der Waals surface area contributed by atoms with Crippen LogP contribution in [-0.2, 0) is 25.4 Å². The summed E-state index contributed by atoms with van der Waals surface area (Å²) in [6.07, 6.45) is 4.49. The van der Waals surface area contributed by atoms with E-state index in [1.807, 2.05) is 0 Å². The van der Waals surface area contributed by atoms with E-state index in [4.69, 9.17) is 0 Å². The molecular weight excluding hydrogens is 300 g/mol. The van der Waals surface area contributed by atoms with Crippen LogP contribution in [0.3, 0.4) is 0 Å². The number of fused-ring (bicyclic) bond motifs is 1. The monoisotopic (exact) mass is 314 g/mol. The second-order valence-corrected chi connectivity index (χ2v) is 5.04. The molecule has 0 radical (unpaired) electrons. The Morgan fingerprint density at radius 2 is 2.04 bits per heavy atom. The van der Waals surface area contributed by atoms with Crippen LogP contribution in [-0.4, -0.2) is 29.6 Å². The standard InChI is InChI=1S/C14H14N6O3/c1-18-12-11(13(22)19(2)14(18)23)20(8-16-12)7-10(21)17-9-4-3-5-15-6-9/h3-6,8H,7H2,1-2H3,(H,17,21). The van der Waals surface area contributed by atoms with Crippen molar-refractivity contribution in [3.63, 3.8) is 0 Å². The van der Waals surface area contributed by atoms with E-state index in [0.717, 1.165) is 4.57 Å². The average molecular weight is 314 g/mol. The van der Waals surface area contributed by atoms with Crippen molar-refractivity contribution < 1.29 is 4.79 Å². The molecule has 0 saturated carbocycles. The first-order valence-electron chi connectivity index (χ1n) is 6.80. The number of carbonyl (C=O) groups is 1. The Balaban J connectivity index is 1.97. The largest absolute Gasteiger partial charge is 0.332 e. The lowest BCUT2D eigenvalue weighted by Gasteiger charge is -2.07. The second-order valence-electron chi connectivity index (χ2n) is 5.04. The Bertz CT molecular complexity index is 999.